The summed E-state index contributed by atoms with van der Waals surface area (Å²) in [7, 11) is 0. The van der Waals surface area contributed by atoms with E-state index in [0.717, 1.165) is 11.4 Å². The Morgan fingerprint density at radius 3 is 1.43 bits per heavy atom. The van der Waals surface area contributed by atoms with Crippen LogP contribution in [0.25, 0.3) is 0 Å². The first-order chi connectivity index (χ1) is 13.7. The molecule has 4 nitrogen and oxygen atoms in total. The second kappa shape index (κ2) is 10.4. The average Bonchev–Trinajstić information content (AvgIpc) is 2.72. The molecule has 28 heavy (non-hydrogen) atoms. The fourth-order valence-electron chi connectivity index (χ4n) is 2.58. The highest BCUT2D eigenvalue weighted by Crippen LogP contribution is 2.15. The lowest BCUT2D eigenvalue weighted by molar-refractivity contribution is 0.925. The van der Waals surface area contributed by atoms with Crippen molar-refractivity contribution in [2.24, 2.45) is 0 Å². The van der Waals surface area contributed by atoms with Crippen molar-refractivity contribution in [3.63, 3.8) is 0 Å². The van der Waals surface area contributed by atoms with Gasteiger partial charge in [0.1, 0.15) is 0 Å². The van der Waals surface area contributed by atoms with E-state index in [0.29, 0.717) is 23.3 Å². The molecule has 0 saturated carbocycles. The van der Waals surface area contributed by atoms with E-state index >= 15 is 0 Å². The number of rotatable bonds is 6. The molecule has 0 aromatic heterocycles. The number of nitrogens with one attached hydrogen (secondary N) is 4. The summed E-state index contributed by atoms with van der Waals surface area (Å²) in [6, 6.07) is 28.1. The monoisotopic (exact) mass is 406 g/mol. The van der Waals surface area contributed by atoms with Crippen LogP contribution in [0.4, 0.5) is 11.4 Å². The zero-order chi connectivity index (χ0) is 19.6. The molecule has 0 atom stereocenters. The Morgan fingerprint density at radius 1 is 0.571 bits per heavy atom. The molecule has 0 unspecified atom stereocenters. The normalized spacial score (nSPS) is 10.0. The van der Waals surface area contributed by atoms with Crippen molar-refractivity contribution < 1.29 is 0 Å². The summed E-state index contributed by atoms with van der Waals surface area (Å²) >= 11 is 10.8. The van der Waals surface area contributed by atoms with E-state index in [1.54, 1.807) is 0 Å². The van der Waals surface area contributed by atoms with Crippen LogP contribution in [0.5, 0.6) is 0 Å². The minimum Gasteiger partial charge on any atom is -0.358 e. The van der Waals surface area contributed by atoms with Crippen LogP contribution in [-0.2, 0) is 13.1 Å². The molecular formula is C22H22N4S2. The maximum Gasteiger partial charge on any atom is 0.171 e. The zero-order valence-electron chi connectivity index (χ0n) is 15.3. The van der Waals surface area contributed by atoms with Crippen molar-refractivity contribution in [3.05, 3.63) is 96.1 Å². The largest absolute Gasteiger partial charge is 0.358 e. The Kier molecular flexibility index (Phi) is 7.35. The van der Waals surface area contributed by atoms with Gasteiger partial charge in [0.25, 0.3) is 0 Å². The van der Waals surface area contributed by atoms with Crippen LogP contribution < -0.4 is 21.3 Å². The molecule has 3 aromatic carbocycles. The molecule has 6 heteroatoms. The second-order valence-electron chi connectivity index (χ2n) is 6.17. The molecule has 0 bridgehead atoms. The number of hydrogen-bond acceptors (Lipinski definition) is 2. The highest BCUT2D eigenvalue weighted by Gasteiger charge is 2.02. The van der Waals surface area contributed by atoms with Gasteiger partial charge in [-0.2, -0.15) is 0 Å². The van der Waals surface area contributed by atoms with Gasteiger partial charge in [0.05, 0.1) is 0 Å². The molecule has 0 fully saturated rings. The first kappa shape index (κ1) is 19.8. The van der Waals surface area contributed by atoms with Crippen molar-refractivity contribution in [2.75, 3.05) is 10.6 Å². The molecule has 0 radical (unpaired) electrons. The number of hydrogen-bond donors (Lipinski definition) is 4. The van der Waals surface area contributed by atoms with E-state index in [1.807, 2.05) is 60.7 Å². The maximum absolute atomic E-state index is 5.38. The topological polar surface area (TPSA) is 48.1 Å². The molecule has 0 aliphatic rings. The van der Waals surface area contributed by atoms with E-state index in [4.69, 9.17) is 24.4 Å². The number of benzene rings is 3. The molecule has 0 heterocycles. The molecule has 0 spiro atoms. The Bertz CT molecular complexity index is 841. The Hall–Kier alpha value is -2.96. The first-order valence-electron chi connectivity index (χ1n) is 8.97. The summed E-state index contributed by atoms with van der Waals surface area (Å²) in [5.41, 5.74) is 4.14. The second-order valence-corrected chi connectivity index (χ2v) is 6.98. The summed E-state index contributed by atoms with van der Waals surface area (Å²) in [6.07, 6.45) is 0. The quantitative estimate of drug-likeness (QED) is 0.447. The van der Waals surface area contributed by atoms with E-state index in [-0.39, 0.29) is 0 Å². The first-order valence-corrected chi connectivity index (χ1v) is 9.78. The molecule has 0 aliphatic heterocycles. The van der Waals surface area contributed by atoms with Crippen LogP contribution in [0.15, 0.2) is 84.9 Å². The lowest BCUT2D eigenvalue weighted by atomic mass is 10.2. The van der Waals surface area contributed by atoms with E-state index in [9.17, 15) is 0 Å². The SMILES string of the molecule is S=C(NCc1ccccc1)Nc1cccc(NC(=S)NCc2ccccc2)c1. The van der Waals surface area contributed by atoms with Gasteiger partial charge in [0, 0.05) is 24.5 Å². The zero-order valence-corrected chi connectivity index (χ0v) is 16.9. The minimum atomic E-state index is 0.575. The third-order valence-electron chi connectivity index (χ3n) is 3.97. The highest BCUT2D eigenvalue weighted by molar-refractivity contribution is 7.80. The van der Waals surface area contributed by atoms with Gasteiger partial charge in [-0.15, -0.1) is 0 Å². The van der Waals surface area contributed by atoms with Crippen molar-refractivity contribution in [1.29, 1.82) is 0 Å². The van der Waals surface area contributed by atoms with Gasteiger partial charge >= 0.3 is 0 Å². The van der Waals surface area contributed by atoms with Crippen LogP contribution in [0, 0.1) is 0 Å². The molecule has 0 amide bonds. The standard InChI is InChI=1S/C22H22N4S2/c27-21(23-15-17-8-3-1-4-9-17)25-19-12-7-13-20(14-19)26-22(28)24-16-18-10-5-2-6-11-18/h1-14H,15-16H2,(H2,23,25,27)(H2,24,26,28). The van der Waals surface area contributed by atoms with Gasteiger partial charge in [-0.05, 0) is 53.8 Å². The summed E-state index contributed by atoms with van der Waals surface area (Å²) < 4.78 is 0. The predicted molar refractivity (Wildman–Crippen MR) is 125 cm³/mol. The van der Waals surface area contributed by atoms with Gasteiger partial charge in [-0.3, -0.25) is 0 Å². The molecule has 0 aliphatic carbocycles. The van der Waals surface area contributed by atoms with Crippen LogP contribution in [0.2, 0.25) is 0 Å². The van der Waals surface area contributed by atoms with E-state index < -0.39 is 0 Å². The van der Waals surface area contributed by atoms with Gasteiger partial charge < -0.3 is 21.3 Å². The summed E-state index contributed by atoms with van der Waals surface area (Å²) in [5.74, 6) is 0. The highest BCUT2D eigenvalue weighted by atomic mass is 32.1. The predicted octanol–water partition coefficient (Wildman–Crippen LogP) is 4.66. The summed E-state index contributed by atoms with van der Waals surface area (Å²) in [5, 5.41) is 14.0. The molecule has 4 N–H and O–H groups in total. The van der Waals surface area contributed by atoms with Gasteiger partial charge in [-0.1, -0.05) is 66.7 Å². The van der Waals surface area contributed by atoms with Gasteiger partial charge in [0.15, 0.2) is 10.2 Å². The third-order valence-corrected chi connectivity index (χ3v) is 4.46. The van der Waals surface area contributed by atoms with Crippen molar-refractivity contribution in [3.8, 4) is 0 Å². The van der Waals surface area contributed by atoms with Crippen LogP contribution in [0.3, 0.4) is 0 Å². The van der Waals surface area contributed by atoms with E-state index in [1.165, 1.54) is 11.1 Å². The maximum atomic E-state index is 5.38. The molecule has 142 valence electrons. The molecular weight excluding hydrogens is 384 g/mol. The number of thiocarbonyl (C=S) groups is 2. The minimum absolute atomic E-state index is 0.575. The fraction of sp³-hybridized carbons (Fsp3) is 0.0909. The summed E-state index contributed by atoms with van der Waals surface area (Å²) in [4.78, 5) is 0. The number of anilines is 2. The third kappa shape index (κ3) is 6.64. The Balaban J connectivity index is 1.47. The van der Waals surface area contributed by atoms with Gasteiger partial charge in [0.2, 0.25) is 0 Å². The molecule has 0 saturated heterocycles. The lowest BCUT2D eigenvalue weighted by Gasteiger charge is -2.13. The van der Waals surface area contributed by atoms with Crippen molar-refractivity contribution in [2.45, 2.75) is 13.1 Å². The lowest BCUT2D eigenvalue weighted by Crippen LogP contribution is -2.28. The van der Waals surface area contributed by atoms with E-state index in [2.05, 4.69) is 45.5 Å². The van der Waals surface area contributed by atoms with Crippen LogP contribution in [-0.4, -0.2) is 10.2 Å². The van der Waals surface area contributed by atoms with Crippen LogP contribution in [0.1, 0.15) is 11.1 Å². The Labute approximate surface area is 176 Å². The Morgan fingerprint density at radius 2 is 1.00 bits per heavy atom. The smallest absolute Gasteiger partial charge is 0.171 e. The molecule has 3 aromatic rings. The molecule has 3 rings (SSSR count). The van der Waals surface area contributed by atoms with Crippen LogP contribution >= 0.6 is 24.4 Å². The fourth-order valence-corrected chi connectivity index (χ4v) is 2.96. The van der Waals surface area contributed by atoms with Gasteiger partial charge in [-0.25, -0.2) is 0 Å². The summed E-state index contributed by atoms with van der Waals surface area (Å²) in [6.45, 7) is 1.36. The average molecular weight is 407 g/mol. The van der Waals surface area contributed by atoms with Crippen molar-refractivity contribution >= 4 is 46.0 Å². The van der Waals surface area contributed by atoms with Crippen molar-refractivity contribution in [1.82, 2.24) is 10.6 Å².